The predicted molar refractivity (Wildman–Crippen MR) is 82.6 cm³/mol. The van der Waals surface area contributed by atoms with Gasteiger partial charge < -0.3 is 5.32 Å². The number of nitrogens with zero attached hydrogens (tertiary/aromatic N) is 1. The first kappa shape index (κ1) is 15.7. The molecular weight excluding hydrogens is 275 g/mol. The van der Waals surface area contributed by atoms with Crippen LogP contribution >= 0.6 is 11.6 Å². The van der Waals surface area contributed by atoms with E-state index in [0.717, 1.165) is 37.7 Å². The molecule has 0 radical (unpaired) electrons. The van der Waals surface area contributed by atoms with Crippen LogP contribution in [0.1, 0.15) is 31.7 Å². The zero-order valence-electron chi connectivity index (χ0n) is 12.2. The van der Waals surface area contributed by atoms with Gasteiger partial charge in [-0.05, 0) is 63.5 Å². The molecule has 2 nitrogen and oxygen atoms in total. The summed E-state index contributed by atoms with van der Waals surface area (Å²) >= 11 is 5.78. The van der Waals surface area contributed by atoms with Crippen molar-refractivity contribution >= 4 is 11.6 Å². The van der Waals surface area contributed by atoms with E-state index in [-0.39, 0.29) is 5.82 Å². The van der Waals surface area contributed by atoms with Gasteiger partial charge in [0.25, 0.3) is 0 Å². The smallest absolute Gasteiger partial charge is 0.129 e. The largest absolute Gasteiger partial charge is 0.316 e. The number of likely N-dealkylation sites (tertiary alicyclic amines) is 1. The van der Waals surface area contributed by atoms with Crippen molar-refractivity contribution < 1.29 is 4.39 Å². The van der Waals surface area contributed by atoms with Crippen molar-refractivity contribution in [3.63, 3.8) is 0 Å². The van der Waals surface area contributed by atoms with Gasteiger partial charge in [0, 0.05) is 17.1 Å². The lowest BCUT2D eigenvalue weighted by Gasteiger charge is -2.32. The Morgan fingerprint density at radius 2 is 2.10 bits per heavy atom. The Morgan fingerprint density at radius 3 is 2.75 bits per heavy atom. The van der Waals surface area contributed by atoms with Crippen LogP contribution in [0.2, 0.25) is 5.02 Å². The van der Waals surface area contributed by atoms with E-state index in [1.165, 1.54) is 25.3 Å². The second kappa shape index (κ2) is 7.96. The molecular formula is C16H24ClFN2. The van der Waals surface area contributed by atoms with Crippen LogP contribution in [0.15, 0.2) is 18.2 Å². The normalized spacial score (nSPS) is 17.6. The van der Waals surface area contributed by atoms with Gasteiger partial charge in [-0.15, -0.1) is 0 Å². The molecule has 0 saturated carbocycles. The van der Waals surface area contributed by atoms with Crippen LogP contribution in [-0.2, 0) is 6.54 Å². The monoisotopic (exact) mass is 298 g/mol. The summed E-state index contributed by atoms with van der Waals surface area (Å²) < 4.78 is 13.8. The number of hydrogen-bond donors (Lipinski definition) is 1. The molecule has 1 aromatic carbocycles. The summed E-state index contributed by atoms with van der Waals surface area (Å²) in [7, 11) is 0. The molecule has 0 atom stereocenters. The fourth-order valence-electron chi connectivity index (χ4n) is 2.72. The Balaban J connectivity index is 1.76. The van der Waals surface area contributed by atoms with Gasteiger partial charge in [0.05, 0.1) is 0 Å². The maximum Gasteiger partial charge on any atom is 0.129 e. The Labute approximate surface area is 126 Å². The highest BCUT2D eigenvalue weighted by Crippen LogP contribution is 2.21. The van der Waals surface area contributed by atoms with Crippen LogP contribution in [0.25, 0.3) is 0 Å². The van der Waals surface area contributed by atoms with Crippen molar-refractivity contribution in [2.75, 3.05) is 26.2 Å². The third-order valence-electron chi connectivity index (χ3n) is 3.98. The molecule has 0 aromatic heterocycles. The van der Waals surface area contributed by atoms with Crippen LogP contribution in [0.5, 0.6) is 0 Å². The third-order valence-corrected chi connectivity index (χ3v) is 4.21. The molecule has 1 heterocycles. The van der Waals surface area contributed by atoms with Crippen molar-refractivity contribution in [2.45, 2.75) is 32.7 Å². The van der Waals surface area contributed by atoms with Gasteiger partial charge in [-0.3, -0.25) is 4.90 Å². The van der Waals surface area contributed by atoms with E-state index in [1.807, 2.05) is 0 Å². The highest BCUT2D eigenvalue weighted by Gasteiger charge is 2.19. The highest BCUT2D eigenvalue weighted by atomic mass is 35.5. The molecule has 0 amide bonds. The minimum absolute atomic E-state index is 0.191. The lowest BCUT2D eigenvalue weighted by atomic mass is 9.96. The van der Waals surface area contributed by atoms with E-state index in [2.05, 4.69) is 17.1 Å². The van der Waals surface area contributed by atoms with Gasteiger partial charge in [-0.2, -0.15) is 0 Å². The fraction of sp³-hybridized carbons (Fsp3) is 0.625. The zero-order chi connectivity index (χ0) is 14.4. The minimum atomic E-state index is -0.191. The average Bonchev–Trinajstić information content (AvgIpc) is 2.44. The summed E-state index contributed by atoms with van der Waals surface area (Å²) in [6.07, 6.45) is 3.59. The summed E-state index contributed by atoms with van der Waals surface area (Å²) in [4.78, 5) is 2.34. The Bertz CT molecular complexity index is 417. The first-order valence-corrected chi connectivity index (χ1v) is 7.94. The molecule has 2 rings (SSSR count). The topological polar surface area (TPSA) is 15.3 Å². The van der Waals surface area contributed by atoms with Gasteiger partial charge in [0.2, 0.25) is 0 Å². The summed E-state index contributed by atoms with van der Waals surface area (Å²) in [5.74, 6) is 0.581. The predicted octanol–water partition coefficient (Wildman–Crippen LogP) is 3.69. The van der Waals surface area contributed by atoms with Crippen molar-refractivity contribution in [1.29, 1.82) is 0 Å². The summed E-state index contributed by atoms with van der Waals surface area (Å²) in [6.45, 7) is 7.22. The quantitative estimate of drug-likeness (QED) is 0.806. The number of hydrogen-bond acceptors (Lipinski definition) is 2. The first-order valence-electron chi connectivity index (χ1n) is 7.56. The maximum atomic E-state index is 13.8. The molecule has 1 saturated heterocycles. The number of piperidine rings is 1. The van der Waals surface area contributed by atoms with E-state index in [0.29, 0.717) is 11.6 Å². The molecule has 4 heteroatoms. The summed E-state index contributed by atoms with van der Waals surface area (Å²) in [5.41, 5.74) is 0.747. The molecule has 0 aliphatic carbocycles. The molecule has 1 aromatic rings. The van der Waals surface area contributed by atoms with Crippen molar-refractivity contribution in [3.8, 4) is 0 Å². The van der Waals surface area contributed by atoms with Gasteiger partial charge in [0.1, 0.15) is 5.82 Å². The number of nitrogens with one attached hydrogen (secondary N) is 1. The van der Waals surface area contributed by atoms with Crippen LogP contribution in [-0.4, -0.2) is 31.1 Å². The number of halogens is 2. The fourth-order valence-corrected chi connectivity index (χ4v) is 2.88. The standard InChI is InChI=1S/C16H24ClFN2/c1-2-7-19-11-13-5-8-20(9-6-13)12-14-3-4-15(17)10-16(14)18/h3-4,10,13,19H,2,5-9,11-12H2,1H3. The van der Waals surface area contributed by atoms with Gasteiger partial charge in [-0.25, -0.2) is 4.39 Å². The molecule has 112 valence electrons. The molecule has 20 heavy (non-hydrogen) atoms. The zero-order valence-corrected chi connectivity index (χ0v) is 12.9. The van der Waals surface area contributed by atoms with Gasteiger partial charge in [0.15, 0.2) is 0 Å². The van der Waals surface area contributed by atoms with Gasteiger partial charge in [-0.1, -0.05) is 24.6 Å². The molecule has 1 aliphatic rings. The Kier molecular flexibility index (Phi) is 6.27. The maximum absolute atomic E-state index is 13.8. The SMILES string of the molecule is CCCNCC1CCN(Cc2ccc(Cl)cc2F)CC1. The molecule has 1 aliphatic heterocycles. The second-order valence-electron chi connectivity index (χ2n) is 5.66. The Morgan fingerprint density at radius 1 is 1.35 bits per heavy atom. The molecule has 1 fully saturated rings. The third kappa shape index (κ3) is 4.72. The average molecular weight is 299 g/mol. The van der Waals surface area contributed by atoms with Gasteiger partial charge >= 0.3 is 0 Å². The number of benzene rings is 1. The van der Waals surface area contributed by atoms with Crippen molar-refractivity contribution in [3.05, 3.63) is 34.6 Å². The van der Waals surface area contributed by atoms with E-state index in [9.17, 15) is 4.39 Å². The van der Waals surface area contributed by atoms with E-state index < -0.39 is 0 Å². The van der Waals surface area contributed by atoms with Crippen LogP contribution in [0, 0.1) is 11.7 Å². The van der Waals surface area contributed by atoms with E-state index in [4.69, 9.17) is 11.6 Å². The lowest BCUT2D eigenvalue weighted by molar-refractivity contribution is 0.174. The van der Waals surface area contributed by atoms with Crippen LogP contribution in [0.4, 0.5) is 4.39 Å². The summed E-state index contributed by atoms with van der Waals surface area (Å²) in [6, 6.07) is 4.96. The highest BCUT2D eigenvalue weighted by molar-refractivity contribution is 6.30. The second-order valence-corrected chi connectivity index (χ2v) is 6.10. The molecule has 0 bridgehead atoms. The van der Waals surface area contributed by atoms with E-state index in [1.54, 1.807) is 12.1 Å². The van der Waals surface area contributed by atoms with Crippen molar-refractivity contribution in [2.24, 2.45) is 5.92 Å². The van der Waals surface area contributed by atoms with E-state index >= 15 is 0 Å². The van der Waals surface area contributed by atoms with Crippen LogP contribution in [0.3, 0.4) is 0 Å². The Hall–Kier alpha value is -0.640. The lowest BCUT2D eigenvalue weighted by Crippen LogP contribution is -2.37. The molecule has 0 spiro atoms. The number of rotatable bonds is 6. The first-order chi connectivity index (χ1) is 9.69. The molecule has 0 unspecified atom stereocenters. The van der Waals surface area contributed by atoms with Crippen LogP contribution < -0.4 is 5.32 Å². The summed E-state index contributed by atoms with van der Waals surface area (Å²) in [5, 5.41) is 3.96. The molecule has 1 N–H and O–H groups in total. The van der Waals surface area contributed by atoms with Crippen molar-refractivity contribution in [1.82, 2.24) is 10.2 Å². The minimum Gasteiger partial charge on any atom is -0.316 e.